The Hall–Kier alpha value is -2.39. The molecule has 0 saturated heterocycles. The smallest absolute Gasteiger partial charge is 1.00 e. The molecule has 290 valence electrons. The largest absolute Gasteiger partial charge is 4.00 e. The van der Waals surface area contributed by atoms with Gasteiger partial charge in [0.15, 0.2) is 8.07 Å². The molecule has 0 aliphatic heterocycles. The number of halogens is 3. The zero-order chi connectivity index (χ0) is 37.0. The average molecular weight is 834 g/mol. The predicted molar refractivity (Wildman–Crippen MR) is 225 cm³/mol. The van der Waals surface area contributed by atoms with Gasteiger partial charge >= 0.3 is 21.7 Å². The van der Waals surface area contributed by atoms with E-state index in [2.05, 4.69) is 199 Å². The van der Waals surface area contributed by atoms with Crippen molar-refractivity contribution in [1.29, 1.82) is 0 Å². The van der Waals surface area contributed by atoms with Crippen molar-refractivity contribution >= 4 is 62.9 Å². The van der Waals surface area contributed by atoms with Crippen molar-refractivity contribution < 1.29 is 58.9 Å². The maximum atomic E-state index is 2.49. The summed E-state index contributed by atoms with van der Waals surface area (Å²) in [5.74, 6) is 0. The van der Waals surface area contributed by atoms with Crippen LogP contribution in [0.4, 0.5) is 34.1 Å². The monoisotopic (exact) mass is 832 g/mol. The molecular formula is C42H63Cl3N6SiTi. The minimum Gasteiger partial charge on any atom is -1.00 e. The van der Waals surface area contributed by atoms with E-state index in [1.54, 1.807) is 0 Å². The molecule has 0 amide bonds. The first-order valence-corrected chi connectivity index (χ1v) is 19.4. The van der Waals surface area contributed by atoms with Gasteiger partial charge in [0.2, 0.25) is 0 Å². The molecule has 0 radical (unpaired) electrons. The molecule has 0 unspecified atom stereocenters. The van der Waals surface area contributed by atoms with Gasteiger partial charge < -0.3 is 66.6 Å². The van der Waals surface area contributed by atoms with E-state index in [0.29, 0.717) is 0 Å². The minimum absolute atomic E-state index is 0. The topological polar surface area (TPSA) is 19.4 Å². The van der Waals surface area contributed by atoms with Gasteiger partial charge in [-0.2, -0.15) is 27.4 Å². The van der Waals surface area contributed by atoms with Crippen LogP contribution in [0, 0.1) is 48.5 Å². The molecule has 0 heterocycles. The molecule has 0 aliphatic rings. The molecule has 0 aliphatic carbocycles. The Kier molecular flexibility index (Phi) is 18.1. The second-order valence-corrected chi connectivity index (χ2v) is 18.9. The van der Waals surface area contributed by atoms with Gasteiger partial charge in [0.05, 0.1) is 0 Å². The standard InChI is InChI=1S/C42H63N6Si.3ClH.Ti/c1-26-27(2)29(4)42(28(26)3)49(36-23-20-33(43(8)9)30(5)39(36)46(14)15,37-24-21-34(44(10)11)31(6)40(37)47(16)17)38-25-22-35(45(12)13)32(7)41(38)48(18)19;;;;/h20-25H,1-19H3;3*1H;/q-1;;;;+4/p-3. The number of rotatable bonds is 10. The number of anilines is 6. The first-order valence-electron chi connectivity index (χ1n) is 17.4. The third kappa shape index (κ3) is 8.27. The molecule has 0 bridgehead atoms. The molecule has 0 spiro atoms. The van der Waals surface area contributed by atoms with E-state index in [4.69, 9.17) is 0 Å². The molecule has 4 aromatic carbocycles. The number of nitrogens with zero attached hydrogens (tertiary/aromatic N) is 6. The van der Waals surface area contributed by atoms with Gasteiger partial charge in [0, 0.05) is 119 Å². The molecule has 6 nitrogen and oxygen atoms in total. The summed E-state index contributed by atoms with van der Waals surface area (Å²) in [4.78, 5) is 13.9. The number of hydrogen-bond acceptors (Lipinski definition) is 6. The van der Waals surface area contributed by atoms with Crippen molar-refractivity contribution in [2.75, 3.05) is 114 Å². The fourth-order valence-electron chi connectivity index (χ4n) is 8.78. The van der Waals surface area contributed by atoms with Crippen LogP contribution in [0.5, 0.6) is 0 Å². The van der Waals surface area contributed by atoms with Crippen LogP contribution < -0.4 is 87.4 Å². The summed E-state index contributed by atoms with van der Waals surface area (Å²) in [6.07, 6.45) is 0. The van der Waals surface area contributed by atoms with Gasteiger partial charge in [-0.05, 0) is 71.2 Å². The first kappa shape index (κ1) is 50.6. The summed E-state index contributed by atoms with van der Waals surface area (Å²) in [6, 6.07) is 14.6. The average Bonchev–Trinajstić information content (AvgIpc) is 3.19. The zero-order valence-corrected chi connectivity index (χ0v) is 40.6. The third-order valence-corrected chi connectivity index (χ3v) is 16.2. The van der Waals surface area contributed by atoms with E-state index in [9.17, 15) is 0 Å². The molecule has 53 heavy (non-hydrogen) atoms. The number of hydrogen-bond donors (Lipinski definition) is 0. The van der Waals surface area contributed by atoms with Gasteiger partial charge in [-0.1, -0.05) is 45.9 Å². The summed E-state index contributed by atoms with van der Waals surface area (Å²) in [5.41, 5.74) is 17.2. The van der Waals surface area contributed by atoms with Crippen molar-refractivity contribution in [3.05, 3.63) is 75.3 Å². The van der Waals surface area contributed by atoms with E-state index >= 15 is 0 Å². The summed E-state index contributed by atoms with van der Waals surface area (Å²) in [5, 5.41) is 5.80. The Morgan fingerprint density at radius 2 is 0.660 bits per heavy atom. The summed E-state index contributed by atoms with van der Waals surface area (Å²) < 4.78 is 0. The van der Waals surface area contributed by atoms with Crippen LogP contribution in [0.3, 0.4) is 0 Å². The second kappa shape index (κ2) is 19.0. The van der Waals surface area contributed by atoms with E-state index in [-0.39, 0.29) is 58.9 Å². The maximum Gasteiger partial charge on any atom is 4.00 e. The van der Waals surface area contributed by atoms with Crippen LogP contribution in [0.25, 0.3) is 0 Å². The van der Waals surface area contributed by atoms with Crippen LogP contribution in [0.1, 0.15) is 38.9 Å². The molecule has 4 rings (SSSR count). The Morgan fingerprint density at radius 3 is 0.849 bits per heavy atom. The first-order chi connectivity index (χ1) is 22.7. The van der Waals surface area contributed by atoms with E-state index in [0.717, 1.165) is 0 Å². The van der Waals surface area contributed by atoms with Gasteiger partial charge in [-0.25, -0.2) is 0 Å². The number of benzene rings is 3. The Labute approximate surface area is 357 Å². The maximum absolute atomic E-state index is 3.17. The van der Waals surface area contributed by atoms with E-state index in [1.165, 1.54) is 93.8 Å². The van der Waals surface area contributed by atoms with Crippen LogP contribution in [-0.2, 0) is 21.7 Å². The molecule has 11 heteroatoms. The SMILES string of the molecule is Cc1c(N(C)C)ccc([Si](c2ccc(N(C)C)c(C)c2N(C)C)(c2ccc(N(C)C)c(C)c2N(C)C)c2c(C)c(C)c(C)[c-]2C)c1N(C)C.[Cl-].[Cl-].[Cl-].[Ti+4]. The quantitative estimate of drug-likeness (QED) is 0.0928. The Balaban J connectivity index is 0.00000676. The molecule has 0 fully saturated rings. The van der Waals surface area contributed by atoms with Gasteiger partial charge in [-0.15, -0.1) is 0 Å². The molecule has 4 aromatic rings. The minimum atomic E-state index is -3.17. The molecule has 0 saturated carbocycles. The third-order valence-electron chi connectivity index (χ3n) is 11.0. The van der Waals surface area contributed by atoms with E-state index in [1.807, 2.05) is 0 Å². The summed E-state index contributed by atoms with van der Waals surface area (Å²) in [7, 11) is 23.1. The summed E-state index contributed by atoms with van der Waals surface area (Å²) in [6.45, 7) is 16.4. The van der Waals surface area contributed by atoms with Gasteiger partial charge in [0.1, 0.15) is 0 Å². The van der Waals surface area contributed by atoms with Crippen LogP contribution in [0.15, 0.2) is 36.4 Å². The molecule has 0 aromatic heterocycles. The van der Waals surface area contributed by atoms with Crippen LogP contribution in [-0.4, -0.2) is 92.6 Å². The van der Waals surface area contributed by atoms with Crippen molar-refractivity contribution in [2.24, 2.45) is 0 Å². The Bertz CT molecular complexity index is 1690. The second-order valence-electron chi connectivity index (χ2n) is 15.3. The predicted octanol–water partition coefficient (Wildman–Crippen LogP) is -3.65. The van der Waals surface area contributed by atoms with Crippen molar-refractivity contribution in [3.63, 3.8) is 0 Å². The normalized spacial score (nSPS) is 10.7. The van der Waals surface area contributed by atoms with Gasteiger partial charge in [0.25, 0.3) is 0 Å². The summed E-state index contributed by atoms with van der Waals surface area (Å²) >= 11 is 0. The fourth-order valence-corrected chi connectivity index (χ4v) is 15.3. The van der Waals surface area contributed by atoms with Gasteiger partial charge in [-0.3, -0.25) is 0 Å². The van der Waals surface area contributed by atoms with E-state index < -0.39 is 8.07 Å². The Morgan fingerprint density at radius 1 is 0.396 bits per heavy atom. The van der Waals surface area contributed by atoms with Crippen LogP contribution in [0.2, 0.25) is 0 Å². The van der Waals surface area contributed by atoms with Crippen molar-refractivity contribution in [2.45, 2.75) is 48.5 Å². The van der Waals surface area contributed by atoms with Crippen molar-refractivity contribution in [1.82, 2.24) is 0 Å². The molecular weight excluding hydrogens is 771 g/mol. The van der Waals surface area contributed by atoms with Crippen LogP contribution >= 0.6 is 0 Å². The molecule has 0 atom stereocenters. The zero-order valence-electron chi connectivity index (χ0n) is 35.8. The fraction of sp³-hybridized carbons (Fsp3) is 0.452. The van der Waals surface area contributed by atoms with Crippen molar-refractivity contribution in [3.8, 4) is 0 Å². The molecule has 0 N–H and O–H groups in total.